The van der Waals surface area contributed by atoms with E-state index in [4.69, 9.17) is 4.74 Å². The van der Waals surface area contributed by atoms with Gasteiger partial charge in [0, 0.05) is 19.2 Å². The van der Waals surface area contributed by atoms with E-state index in [9.17, 15) is 0 Å². The summed E-state index contributed by atoms with van der Waals surface area (Å²) in [5.41, 5.74) is 0. The SMILES string of the molecule is CC(C)COCCNC1CCC(C)C(C)C1. The molecule has 0 saturated heterocycles. The van der Waals surface area contributed by atoms with E-state index in [1.165, 1.54) is 19.3 Å². The molecule has 0 bridgehead atoms. The second-order valence-corrected chi connectivity index (χ2v) is 5.89. The van der Waals surface area contributed by atoms with Crippen LogP contribution in [0.2, 0.25) is 0 Å². The van der Waals surface area contributed by atoms with E-state index in [2.05, 4.69) is 33.0 Å². The van der Waals surface area contributed by atoms with E-state index in [-0.39, 0.29) is 0 Å². The summed E-state index contributed by atoms with van der Waals surface area (Å²) in [7, 11) is 0. The van der Waals surface area contributed by atoms with Crippen LogP contribution in [0.5, 0.6) is 0 Å². The third kappa shape index (κ3) is 5.31. The molecule has 0 spiro atoms. The van der Waals surface area contributed by atoms with E-state index in [0.29, 0.717) is 5.92 Å². The second kappa shape index (κ2) is 7.29. The summed E-state index contributed by atoms with van der Waals surface area (Å²) < 4.78 is 5.57. The third-order valence-corrected chi connectivity index (χ3v) is 3.73. The molecule has 0 aliphatic heterocycles. The summed E-state index contributed by atoms with van der Waals surface area (Å²) in [6, 6.07) is 0.730. The Morgan fingerprint density at radius 3 is 2.56 bits per heavy atom. The molecule has 0 amide bonds. The van der Waals surface area contributed by atoms with Crippen molar-refractivity contribution in [3.05, 3.63) is 0 Å². The molecule has 96 valence electrons. The van der Waals surface area contributed by atoms with Crippen LogP contribution in [0.4, 0.5) is 0 Å². The lowest BCUT2D eigenvalue weighted by atomic mass is 9.79. The van der Waals surface area contributed by atoms with E-state index < -0.39 is 0 Å². The van der Waals surface area contributed by atoms with Crippen molar-refractivity contribution in [2.75, 3.05) is 19.8 Å². The van der Waals surface area contributed by atoms with Gasteiger partial charge in [-0.2, -0.15) is 0 Å². The van der Waals surface area contributed by atoms with Gasteiger partial charge in [0.2, 0.25) is 0 Å². The summed E-state index contributed by atoms with van der Waals surface area (Å²) in [5, 5.41) is 3.62. The van der Waals surface area contributed by atoms with Gasteiger partial charge >= 0.3 is 0 Å². The first-order chi connectivity index (χ1) is 7.59. The fourth-order valence-corrected chi connectivity index (χ4v) is 2.39. The first-order valence-corrected chi connectivity index (χ1v) is 6.90. The molecular weight excluding hydrogens is 198 g/mol. The van der Waals surface area contributed by atoms with E-state index >= 15 is 0 Å². The van der Waals surface area contributed by atoms with Crippen molar-refractivity contribution in [3.63, 3.8) is 0 Å². The first kappa shape index (κ1) is 14.0. The average molecular weight is 227 g/mol. The summed E-state index contributed by atoms with van der Waals surface area (Å²) in [4.78, 5) is 0. The monoisotopic (exact) mass is 227 g/mol. The fourth-order valence-electron chi connectivity index (χ4n) is 2.39. The molecule has 2 nitrogen and oxygen atoms in total. The smallest absolute Gasteiger partial charge is 0.0591 e. The molecule has 0 aromatic rings. The van der Waals surface area contributed by atoms with Crippen molar-refractivity contribution in [1.82, 2.24) is 5.32 Å². The van der Waals surface area contributed by atoms with Crippen molar-refractivity contribution in [3.8, 4) is 0 Å². The predicted molar refractivity (Wildman–Crippen MR) is 69.6 cm³/mol. The molecule has 0 aromatic carbocycles. The maximum absolute atomic E-state index is 5.57. The molecule has 1 aliphatic rings. The Bertz CT molecular complexity index is 182. The van der Waals surface area contributed by atoms with Crippen LogP contribution in [0.25, 0.3) is 0 Å². The molecular formula is C14H29NO. The predicted octanol–water partition coefficient (Wildman–Crippen LogP) is 3.07. The lowest BCUT2D eigenvalue weighted by molar-refractivity contribution is 0.106. The fraction of sp³-hybridized carbons (Fsp3) is 1.00. The van der Waals surface area contributed by atoms with E-state index in [1.807, 2.05) is 0 Å². The van der Waals surface area contributed by atoms with Crippen molar-refractivity contribution in [2.24, 2.45) is 17.8 Å². The van der Waals surface area contributed by atoms with Crippen molar-refractivity contribution >= 4 is 0 Å². The van der Waals surface area contributed by atoms with Crippen LogP contribution in [0.1, 0.15) is 47.0 Å². The number of ether oxygens (including phenoxy) is 1. The Morgan fingerprint density at radius 2 is 1.94 bits per heavy atom. The van der Waals surface area contributed by atoms with Gasteiger partial charge in [0.25, 0.3) is 0 Å². The first-order valence-electron chi connectivity index (χ1n) is 6.90. The Labute approximate surface area is 101 Å². The van der Waals surface area contributed by atoms with Crippen LogP contribution in [-0.4, -0.2) is 25.8 Å². The van der Waals surface area contributed by atoms with E-state index in [0.717, 1.165) is 37.6 Å². The highest BCUT2D eigenvalue weighted by Gasteiger charge is 2.23. The highest BCUT2D eigenvalue weighted by Crippen LogP contribution is 2.29. The molecule has 0 aromatic heterocycles. The molecule has 1 saturated carbocycles. The molecule has 0 heterocycles. The molecule has 1 rings (SSSR count). The zero-order valence-electron chi connectivity index (χ0n) is 11.5. The Morgan fingerprint density at radius 1 is 1.19 bits per heavy atom. The standard InChI is InChI=1S/C14H29NO/c1-11(2)10-16-8-7-15-14-6-5-12(3)13(4)9-14/h11-15H,5-10H2,1-4H3. The van der Waals surface area contributed by atoms with Gasteiger partial charge in [0.15, 0.2) is 0 Å². The molecule has 1 fully saturated rings. The molecule has 2 heteroatoms. The highest BCUT2D eigenvalue weighted by molar-refractivity contribution is 4.79. The van der Waals surface area contributed by atoms with Gasteiger partial charge in [-0.25, -0.2) is 0 Å². The van der Waals surface area contributed by atoms with Gasteiger partial charge in [-0.15, -0.1) is 0 Å². The van der Waals surface area contributed by atoms with Crippen LogP contribution < -0.4 is 5.32 Å². The maximum Gasteiger partial charge on any atom is 0.0591 e. The Kier molecular flexibility index (Phi) is 6.37. The third-order valence-electron chi connectivity index (χ3n) is 3.73. The summed E-state index contributed by atoms with van der Waals surface area (Å²) in [6.07, 6.45) is 4.06. The Balaban J connectivity index is 2.01. The minimum atomic E-state index is 0.649. The van der Waals surface area contributed by atoms with Gasteiger partial charge < -0.3 is 10.1 Å². The quantitative estimate of drug-likeness (QED) is 0.704. The summed E-state index contributed by atoms with van der Waals surface area (Å²) in [6.45, 7) is 11.9. The number of hydrogen-bond acceptors (Lipinski definition) is 2. The lowest BCUT2D eigenvalue weighted by Gasteiger charge is -2.32. The summed E-state index contributed by atoms with van der Waals surface area (Å²) >= 11 is 0. The van der Waals surface area contributed by atoms with Gasteiger partial charge in [0.05, 0.1) is 6.61 Å². The minimum Gasteiger partial charge on any atom is -0.380 e. The zero-order chi connectivity index (χ0) is 12.0. The highest BCUT2D eigenvalue weighted by atomic mass is 16.5. The molecule has 1 aliphatic carbocycles. The molecule has 0 radical (unpaired) electrons. The van der Waals surface area contributed by atoms with Gasteiger partial charge in [-0.3, -0.25) is 0 Å². The normalized spacial score (nSPS) is 30.9. The van der Waals surface area contributed by atoms with Crippen LogP contribution in [0.15, 0.2) is 0 Å². The molecule has 1 N–H and O–H groups in total. The van der Waals surface area contributed by atoms with Crippen molar-refractivity contribution < 1.29 is 4.74 Å². The molecule has 3 unspecified atom stereocenters. The maximum atomic E-state index is 5.57. The number of hydrogen-bond donors (Lipinski definition) is 1. The van der Waals surface area contributed by atoms with E-state index in [1.54, 1.807) is 0 Å². The van der Waals surface area contributed by atoms with Crippen LogP contribution >= 0.6 is 0 Å². The van der Waals surface area contributed by atoms with Crippen LogP contribution in [-0.2, 0) is 4.74 Å². The Hall–Kier alpha value is -0.0800. The molecule has 3 atom stereocenters. The topological polar surface area (TPSA) is 21.3 Å². The molecule has 16 heavy (non-hydrogen) atoms. The summed E-state index contributed by atoms with van der Waals surface area (Å²) in [5.74, 6) is 2.44. The average Bonchev–Trinajstić information content (AvgIpc) is 2.22. The van der Waals surface area contributed by atoms with Crippen molar-refractivity contribution in [2.45, 2.75) is 53.0 Å². The second-order valence-electron chi connectivity index (χ2n) is 5.89. The van der Waals surface area contributed by atoms with Gasteiger partial charge in [-0.05, 0) is 37.0 Å². The lowest BCUT2D eigenvalue weighted by Crippen LogP contribution is -2.37. The van der Waals surface area contributed by atoms with Gasteiger partial charge in [0.1, 0.15) is 0 Å². The van der Waals surface area contributed by atoms with Crippen LogP contribution in [0.3, 0.4) is 0 Å². The minimum absolute atomic E-state index is 0.649. The largest absolute Gasteiger partial charge is 0.380 e. The zero-order valence-corrected chi connectivity index (χ0v) is 11.5. The van der Waals surface area contributed by atoms with Gasteiger partial charge in [-0.1, -0.05) is 27.7 Å². The number of rotatable bonds is 6. The number of nitrogens with one attached hydrogen (secondary N) is 1. The van der Waals surface area contributed by atoms with Crippen LogP contribution in [0, 0.1) is 17.8 Å². The van der Waals surface area contributed by atoms with Crippen molar-refractivity contribution in [1.29, 1.82) is 0 Å².